The Kier molecular flexibility index (Phi) is 4.75. The lowest BCUT2D eigenvalue weighted by atomic mass is 9.82. The average molecular weight is 237 g/mol. The van der Waals surface area contributed by atoms with Crippen LogP contribution < -0.4 is 5.32 Å². The van der Waals surface area contributed by atoms with E-state index in [2.05, 4.69) is 44.2 Å². The Hall–Kier alpha value is -0.830. The van der Waals surface area contributed by atoms with Gasteiger partial charge >= 0.3 is 0 Å². The molecule has 0 saturated heterocycles. The molecule has 0 aliphatic heterocycles. The van der Waals surface area contributed by atoms with E-state index in [1.807, 2.05) is 25.0 Å². The highest BCUT2D eigenvalue weighted by atomic mass is 15.3. The van der Waals surface area contributed by atoms with Crippen LogP contribution in [0.4, 0.5) is 0 Å². The third kappa shape index (κ3) is 4.90. The number of nitrogens with zero attached hydrogens (tertiary/aromatic N) is 2. The summed E-state index contributed by atoms with van der Waals surface area (Å²) in [5, 5.41) is 7.86. The summed E-state index contributed by atoms with van der Waals surface area (Å²) in [5.74, 6) is 0.703. The molecule has 0 aromatic carbocycles. The number of nitrogens with one attached hydrogen (secondary N) is 1. The smallest absolute Gasteiger partial charge is 0.0793 e. The second-order valence-corrected chi connectivity index (χ2v) is 6.36. The van der Waals surface area contributed by atoms with Crippen LogP contribution in [0.15, 0.2) is 12.3 Å². The molecule has 0 bridgehead atoms. The molecular weight excluding hydrogens is 210 g/mol. The number of rotatable bonds is 5. The van der Waals surface area contributed by atoms with Crippen LogP contribution in [0.1, 0.15) is 52.3 Å². The van der Waals surface area contributed by atoms with Crippen molar-refractivity contribution in [3.05, 3.63) is 18.0 Å². The third-order valence-electron chi connectivity index (χ3n) is 3.04. The summed E-state index contributed by atoms with van der Waals surface area (Å²) < 4.78 is 1.87. The van der Waals surface area contributed by atoms with E-state index in [1.54, 1.807) is 0 Å². The first-order valence-corrected chi connectivity index (χ1v) is 6.48. The standard InChI is InChI=1S/C14H27N3/c1-11(10-14(2,3)4)9-13(15-5)12-7-8-17(6)16-12/h7-8,11,13,15H,9-10H2,1-6H3. The highest BCUT2D eigenvalue weighted by Gasteiger charge is 2.20. The van der Waals surface area contributed by atoms with Crippen molar-refractivity contribution < 1.29 is 0 Å². The van der Waals surface area contributed by atoms with Crippen molar-refractivity contribution in [2.24, 2.45) is 18.4 Å². The van der Waals surface area contributed by atoms with Crippen LogP contribution in [0.5, 0.6) is 0 Å². The summed E-state index contributed by atoms with van der Waals surface area (Å²) in [7, 11) is 3.98. The van der Waals surface area contributed by atoms with Crippen molar-refractivity contribution in [3.8, 4) is 0 Å². The van der Waals surface area contributed by atoms with Gasteiger partial charge in [-0.1, -0.05) is 27.7 Å². The van der Waals surface area contributed by atoms with E-state index in [1.165, 1.54) is 6.42 Å². The zero-order chi connectivity index (χ0) is 13.1. The Morgan fingerprint density at radius 1 is 1.41 bits per heavy atom. The van der Waals surface area contributed by atoms with Crippen molar-refractivity contribution in [2.75, 3.05) is 7.05 Å². The Morgan fingerprint density at radius 3 is 2.47 bits per heavy atom. The molecule has 0 amide bonds. The summed E-state index contributed by atoms with van der Waals surface area (Å²) in [4.78, 5) is 0. The molecule has 0 radical (unpaired) electrons. The molecule has 0 fully saturated rings. The minimum absolute atomic E-state index is 0.369. The highest BCUT2D eigenvalue weighted by Crippen LogP contribution is 2.29. The van der Waals surface area contributed by atoms with Gasteiger partial charge in [-0.15, -0.1) is 0 Å². The maximum atomic E-state index is 4.49. The molecule has 1 N–H and O–H groups in total. The first-order chi connectivity index (χ1) is 7.81. The summed E-state index contributed by atoms with van der Waals surface area (Å²) in [6, 6.07) is 2.47. The topological polar surface area (TPSA) is 29.9 Å². The second kappa shape index (κ2) is 5.67. The minimum atomic E-state index is 0.369. The lowest BCUT2D eigenvalue weighted by Gasteiger charge is -2.26. The summed E-state index contributed by atoms with van der Waals surface area (Å²) in [6.07, 6.45) is 4.40. The molecule has 2 unspecified atom stereocenters. The van der Waals surface area contributed by atoms with Gasteiger partial charge in [0.1, 0.15) is 0 Å². The zero-order valence-corrected chi connectivity index (χ0v) is 12.1. The predicted molar refractivity (Wildman–Crippen MR) is 72.9 cm³/mol. The van der Waals surface area contributed by atoms with Gasteiger partial charge in [-0.2, -0.15) is 5.10 Å². The number of aryl methyl sites for hydroxylation is 1. The van der Waals surface area contributed by atoms with Crippen molar-refractivity contribution >= 4 is 0 Å². The molecule has 0 aliphatic rings. The fourth-order valence-electron chi connectivity index (χ4n) is 2.54. The normalized spacial score (nSPS) is 15.9. The molecule has 0 saturated carbocycles. The molecule has 98 valence electrons. The van der Waals surface area contributed by atoms with Gasteiger partial charge in [0.05, 0.1) is 11.7 Å². The molecule has 1 aromatic heterocycles. The van der Waals surface area contributed by atoms with E-state index in [0.717, 1.165) is 12.1 Å². The van der Waals surface area contributed by atoms with Crippen molar-refractivity contribution in [3.63, 3.8) is 0 Å². The molecule has 3 heteroatoms. The van der Waals surface area contributed by atoms with E-state index < -0.39 is 0 Å². The van der Waals surface area contributed by atoms with Gasteiger partial charge in [0.25, 0.3) is 0 Å². The minimum Gasteiger partial charge on any atom is -0.312 e. The van der Waals surface area contributed by atoms with Gasteiger partial charge < -0.3 is 5.32 Å². The Labute approximate surface area is 106 Å². The van der Waals surface area contributed by atoms with Gasteiger partial charge in [-0.05, 0) is 37.3 Å². The monoisotopic (exact) mass is 237 g/mol. The molecule has 0 spiro atoms. The molecule has 3 nitrogen and oxygen atoms in total. The number of hydrogen-bond acceptors (Lipinski definition) is 2. The molecule has 0 aliphatic carbocycles. The predicted octanol–water partition coefficient (Wildman–Crippen LogP) is 3.14. The maximum Gasteiger partial charge on any atom is 0.0793 e. The van der Waals surface area contributed by atoms with E-state index in [-0.39, 0.29) is 0 Å². The van der Waals surface area contributed by atoms with Gasteiger partial charge in [-0.25, -0.2) is 0 Å². The first kappa shape index (κ1) is 14.2. The molecule has 2 atom stereocenters. The number of aromatic nitrogens is 2. The van der Waals surface area contributed by atoms with Crippen molar-refractivity contribution in [1.82, 2.24) is 15.1 Å². The van der Waals surface area contributed by atoms with Crippen LogP contribution in [0.2, 0.25) is 0 Å². The first-order valence-electron chi connectivity index (χ1n) is 6.48. The molecule has 1 rings (SSSR count). The lowest BCUT2D eigenvalue weighted by Crippen LogP contribution is -2.22. The fourth-order valence-corrected chi connectivity index (χ4v) is 2.54. The van der Waals surface area contributed by atoms with Gasteiger partial charge in [-0.3, -0.25) is 4.68 Å². The Balaban J connectivity index is 2.58. The fraction of sp³-hybridized carbons (Fsp3) is 0.786. The van der Waals surface area contributed by atoms with Crippen molar-refractivity contribution in [2.45, 2.75) is 46.6 Å². The quantitative estimate of drug-likeness (QED) is 0.852. The molecule has 1 heterocycles. The van der Waals surface area contributed by atoms with Crippen LogP contribution in [0.3, 0.4) is 0 Å². The zero-order valence-electron chi connectivity index (χ0n) is 12.1. The second-order valence-electron chi connectivity index (χ2n) is 6.36. The lowest BCUT2D eigenvalue weighted by molar-refractivity contribution is 0.277. The Morgan fingerprint density at radius 2 is 2.06 bits per heavy atom. The average Bonchev–Trinajstić information content (AvgIpc) is 2.58. The van der Waals surface area contributed by atoms with Crippen molar-refractivity contribution in [1.29, 1.82) is 0 Å². The van der Waals surface area contributed by atoms with E-state index in [0.29, 0.717) is 17.4 Å². The van der Waals surface area contributed by atoms with Crippen LogP contribution in [0.25, 0.3) is 0 Å². The van der Waals surface area contributed by atoms with Gasteiger partial charge in [0.2, 0.25) is 0 Å². The molecular formula is C14H27N3. The number of hydrogen-bond donors (Lipinski definition) is 1. The summed E-state index contributed by atoms with van der Waals surface area (Å²) in [5.41, 5.74) is 1.55. The van der Waals surface area contributed by atoms with E-state index in [9.17, 15) is 0 Å². The summed E-state index contributed by atoms with van der Waals surface area (Å²) >= 11 is 0. The van der Waals surface area contributed by atoms with E-state index in [4.69, 9.17) is 0 Å². The SMILES string of the molecule is CNC(CC(C)CC(C)(C)C)c1ccn(C)n1. The maximum absolute atomic E-state index is 4.49. The Bertz CT molecular complexity index is 335. The molecule has 1 aromatic rings. The summed E-state index contributed by atoms with van der Waals surface area (Å²) in [6.45, 7) is 9.24. The van der Waals surface area contributed by atoms with Gasteiger partial charge in [0, 0.05) is 13.2 Å². The molecule has 17 heavy (non-hydrogen) atoms. The largest absolute Gasteiger partial charge is 0.312 e. The third-order valence-corrected chi connectivity index (χ3v) is 3.04. The van der Waals surface area contributed by atoms with Crippen LogP contribution in [0, 0.1) is 11.3 Å². The van der Waals surface area contributed by atoms with E-state index >= 15 is 0 Å². The van der Waals surface area contributed by atoms with Crippen LogP contribution in [-0.4, -0.2) is 16.8 Å². The highest BCUT2D eigenvalue weighted by molar-refractivity contribution is 5.05. The van der Waals surface area contributed by atoms with Crippen LogP contribution in [-0.2, 0) is 7.05 Å². The van der Waals surface area contributed by atoms with Gasteiger partial charge in [0.15, 0.2) is 0 Å². The van der Waals surface area contributed by atoms with Crippen LogP contribution >= 0.6 is 0 Å².